The van der Waals surface area contributed by atoms with Gasteiger partial charge in [0.2, 0.25) is 0 Å². The number of para-hydroxylation sites is 1. The standard InChI is InChI=1S/C16H12ClIN2OS/c17-11-6-7-12(13(18)10-11)16(21)20-14-4-1-2-5-15(14)22-9-3-8-19/h1-2,4-7,10H,3,9H2,(H,20,21). The SMILES string of the molecule is N#CCCSc1ccccc1NC(=O)c1ccc(Cl)cc1I. The van der Waals surface area contributed by atoms with Gasteiger partial charge in [0.25, 0.3) is 5.91 Å². The van der Waals surface area contributed by atoms with Gasteiger partial charge < -0.3 is 5.32 Å². The van der Waals surface area contributed by atoms with Crippen LogP contribution in [0.25, 0.3) is 0 Å². The molecular weight excluding hydrogens is 431 g/mol. The Hall–Kier alpha value is -1.23. The minimum absolute atomic E-state index is 0.172. The van der Waals surface area contributed by atoms with E-state index in [9.17, 15) is 4.79 Å². The van der Waals surface area contributed by atoms with E-state index in [0.717, 1.165) is 14.2 Å². The summed E-state index contributed by atoms with van der Waals surface area (Å²) in [7, 11) is 0. The number of carbonyl (C=O) groups excluding carboxylic acids is 1. The summed E-state index contributed by atoms with van der Waals surface area (Å²) in [6, 6.07) is 14.9. The molecule has 0 aromatic heterocycles. The lowest BCUT2D eigenvalue weighted by molar-refractivity contribution is 0.102. The third-order valence-corrected chi connectivity index (χ3v) is 4.99. The summed E-state index contributed by atoms with van der Waals surface area (Å²) in [6.07, 6.45) is 0.474. The lowest BCUT2D eigenvalue weighted by atomic mass is 10.2. The predicted molar refractivity (Wildman–Crippen MR) is 99.5 cm³/mol. The molecule has 0 atom stereocenters. The molecule has 1 N–H and O–H groups in total. The number of thioether (sulfide) groups is 1. The van der Waals surface area contributed by atoms with Gasteiger partial charge in [0, 0.05) is 25.7 Å². The predicted octanol–water partition coefficient (Wildman–Crippen LogP) is 5.20. The van der Waals surface area contributed by atoms with Crippen molar-refractivity contribution in [1.29, 1.82) is 5.26 Å². The van der Waals surface area contributed by atoms with Crippen LogP contribution < -0.4 is 5.32 Å². The molecule has 0 aliphatic heterocycles. The number of halogens is 2. The van der Waals surface area contributed by atoms with Gasteiger partial charge >= 0.3 is 0 Å². The first-order valence-electron chi connectivity index (χ1n) is 6.47. The summed E-state index contributed by atoms with van der Waals surface area (Å²) < 4.78 is 0.803. The number of hydrogen-bond acceptors (Lipinski definition) is 3. The highest BCUT2D eigenvalue weighted by molar-refractivity contribution is 14.1. The fourth-order valence-corrected chi connectivity index (χ4v) is 3.74. The zero-order valence-corrected chi connectivity index (χ0v) is 15.2. The second-order valence-electron chi connectivity index (χ2n) is 4.33. The third kappa shape index (κ3) is 4.63. The van der Waals surface area contributed by atoms with Crippen molar-refractivity contribution in [3.63, 3.8) is 0 Å². The quantitative estimate of drug-likeness (QED) is 0.393. The van der Waals surface area contributed by atoms with Crippen molar-refractivity contribution in [3.05, 3.63) is 56.6 Å². The normalized spacial score (nSPS) is 10.0. The fraction of sp³-hybridized carbons (Fsp3) is 0.125. The maximum atomic E-state index is 12.4. The van der Waals surface area contributed by atoms with Crippen molar-refractivity contribution >= 4 is 57.5 Å². The first kappa shape index (κ1) is 17.1. The van der Waals surface area contributed by atoms with E-state index in [4.69, 9.17) is 16.9 Å². The van der Waals surface area contributed by atoms with Gasteiger partial charge in [0.15, 0.2) is 0 Å². The van der Waals surface area contributed by atoms with Crippen LogP contribution in [-0.2, 0) is 0 Å². The summed E-state index contributed by atoms with van der Waals surface area (Å²) in [6.45, 7) is 0. The number of nitrogens with zero attached hydrogens (tertiary/aromatic N) is 1. The smallest absolute Gasteiger partial charge is 0.256 e. The Labute approximate surface area is 152 Å². The van der Waals surface area contributed by atoms with Crippen LogP contribution in [0.15, 0.2) is 47.4 Å². The largest absolute Gasteiger partial charge is 0.321 e. The van der Waals surface area contributed by atoms with E-state index >= 15 is 0 Å². The number of carbonyl (C=O) groups is 1. The number of nitrogens with one attached hydrogen (secondary N) is 1. The monoisotopic (exact) mass is 442 g/mol. The molecule has 3 nitrogen and oxygen atoms in total. The topological polar surface area (TPSA) is 52.9 Å². The number of rotatable bonds is 5. The minimum Gasteiger partial charge on any atom is -0.321 e. The molecule has 0 aliphatic carbocycles. The molecule has 2 aromatic carbocycles. The molecule has 0 saturated carbocycles. The van der Waals surface area contributed by atoms with Gasteiger partial charge in [-0.05, 0) is 52.9 Å². The molecule has 0 fully saturated rings. The maximum Gasteiger partial charge on any atom is 0.256 e. The molecule has 0 heterocycles. The minimum atomic E-state index is -0.172. The second kappa shape index (κ2) is 8.42. The van der Waals surface area contributed by atoms with E-state index < -0.39 is 0 Å². The summed E-state index contributed by atoms with van der Waals surface area (Å²) in [4.78, 5) is 13.4. The van der Waals surface area contributed by atoms with Gasteiger partial charge in [0.05, 0.1) is 17.3 Å². The first-order valence-corrected chi connectivity index (χ1v) is 8.91. The maximum absolute atomic E-state index is 12.4. The highest BCUT2D eigenvalue weighted by Gasteiger charge is 2.12. The summed E-state index contributed by atoms with van der Waals surface area (Å²) in [5.74, 6) is 0.524. The average molecular weight is 443 g/mol. The molecule has 0 bridgehead atoms. The zero-order valence-electron chi connectivity index (χ0n) is 11.5. The highest BCUT2D eigenvalue weighted by Crippen LogP contribution is 2.28. The van der Waals surface area contributed by atoms with E-state index in [1.54, 1.807) is 30.0 Å². The van der Waals surface area contributed by atoms with Crippen LogP contribution in [0.4, 0.5) is 5.69 Å². The molecule has 0 aliphatic rings. The molecule has 0 unspecified atom stereocenters. The van der Waals surface area contributed by atoms with Crippen molar-refractivity contribution < 1.29 is 4.79 Å². The Morgan fingerprint density at radius 2 is 2.09 bits per heavy atom. The average Bonchev–Trinajstić information content (AvgIpc) is 2.49. The molecule has 0 saturated heterocycles. The van der Waals surface area contributed by atoms with Crippen molar-refractivity contribution in [2.24, 2.45) is 0 Å². The summed E-state index contributed by atoms with van der Waals surface area (Å²) in [5, 5.41) is 12.1. The van der Waals surface area contributed by atoms with Crippen molar-refractivity contribution in [1.82, 2.24) is 0 Å². The van der Waals surface area contributed by atoms with Crippen molar-refractivity contribution in [3.8, 4) is 6.07 Å². The molecule has 22 heavy (non-hydrogen) atoms. The van der Waals surface area contributed by atoms with Gasteiger partial charge in [-0.2, -0.15) is 5.26 Å². The van der Waals surface area contributed by atoms with Gasteiger partial charge in [-0.25, -0.2) is 0 Å². The molecule has 6 heteroatoms. The zero-order chi connectivity index (χ0) is 15.9. The molecule has 2 rings (SSSR count). The number of benzene rings is 2. The van der Waals surface area contributed by atoms with Crippen LogP contribution in [0.2, 0.25) is 5.02 Å². The van der Waals surface area contributed by atoms with Crippen LogP contribution in [0.3, 0.4) is 0 Å². The van der Waals surface area contributed by atoms with Crippen molar-refractivity contribution in [2.75, 3.05) is 11.1 Å². The fourth-order valence-electron chi connectivity index (χ4n) is 1.77. The number of nitriles is 1. The Kier molecular flexibility index (Phi) is 6.55. The Bertz CT molecular complexity index is 730. The van der Waals surface area contributed by atoms with Gasteiger partial charge in [-0.3, -0.25) is 4.79 Å². The third-order valence-electron chi connectivity index (χ3n) is 2.78. The van der Waals surface area contributed by atoms with E-state index in [1.807, 2.05) is 24.3 Å². The molecule has 112 valence electrons. The number of hydrogen-bond donors (Lipinski definition) is 1. The number of anilines is 1. The van der Waals surface area contributed by atoms with E-state index in [0.29, 0.717) is 22.8 Å². The number of amides is 1. The summed E-state index contributed by atoms with van der Waals surface area (Å²) in [5.41, 5.74) is 1.34. The van der Waals surface area contributed by atoms with Crippen LogP contribution in [0, 0.1) is 14.9 Å². The molecule has 0 spiro atoms. The van der Waals surface area contributed by atoms with Crippen LogP contribution in [0.5, 0.6) is 0 Å². The Balaban J connectivity index is 2.16. The lowest BCUT2D eigenvalue weighted by Gasteiger charge is -2.11. The summed E-state index contributed by atoms with van der Waals surface area (Å²) >= 11 is 9.56. The molecule has 0 radical (unpaired) electrons. The van der Waals surface area contributed by atoms with Crippen LogP contribution >= 0.6 is 46.0 Å². The Morgan fingerprint density at radius 1 is 1.32 bits per heavy atom. The van der Waals surface area contributed by atoms with E-state index in [2.05, 4.69) is 34.0 Å². The van der Waals surface area contributed by atoms with Gasteiger partial charge in [-0.1, -0.05) is 23.7 Å². The molecular formula is C16H12ClIN2OS. The van der Waals surface area contributed by atoms with E-state index in [1.165, 1.54) is 0 Å². The Morgan fingerprint density at radius 3 is 2.82 bits per heavy atom. The van der Waals surface area contributed by atoms with Crippen molar-refractivity contribution in [2.45, 2.75) is 11.3 Å². The van der Waals surface area contributed by atoms with Gasteiger partial charge in [-0.15, -0.1) is 11.8 Å². The van der Waals surface area contributed by atoms with Crippen LogP contribution in [-0.4, -0.2) is 11.7 Å². The van der Waals surface area contributed by atoms with E-state index in [-0.39, 0.29) is 5.91 Å². The molecule has 1 amide bonds. The van der Waals surface area contributed by atoms with Crippen LogP contribution in [0.1, 0.15) is 16.8 Å². The van der Waals surface area contributed by atoms with Gasteiger partial charge in [0.1, 0.15) is 0 Å². The second-order valence-corrected chi connectivity index (χ2v) is 7.07. The first-order chi connectivity index (χ1) is 10.6. The highest BCUT2D eigenvalue weighted by atomic mass is 127. The lowest BCUT2D eigenvalue weighted by Crippen LogP contribution is -2.14. The molecule has 2 aromatic rings.